The first-order valence-electron chi connectivity index (χ1n) is 7.00. The molecular weight excluding hydrogens is 210 g/mol. The molecule has 0 aliphatic heterocycles. The Morgan fingerprint density at radius 3 is 2.94 bits per heavy atom. The summed E-state index contributed by atoms with van der Waals surface area (Å²) in [7, 11) is 2.06. The van der Waals surface area contributed by atoms with Gasteiger partial charge in [0.15, 0.2) is 0 Å². The Labute approximate surface area is 105 Å². The van der Waals surface area contributed by atoms with Crippen molar-refractivity contribution in [1.82, 2.24) is 15.1 Å². The molecule has 1 atom stereocenters. The summed E-state index contributed by atoms with van der Waals surface area (Å²) in [5.74, 6) is 0.817. The van der Waals surface area contributed by atoms with E-state index in [1.165, 1.54) is 43.4 Å². The van der Waals surface area contributed by atoms with Crippen LogP contribution in [0, 0.1) is 5.92 Å². The number of rotatable bonds is 5. The molecule has 3 heteroatoms. The maximum Gasteiger partial charge on any atom is 0.0540 e. The van der Waals surface area contributed by atoms with Crippen LogP contribution in [0.3, 0.4) is 0 Å². The molecule has 96 valence electrons. The highest BCUT2D eigenvalue weighted by Crippen LogP contribution is 2.29. The minimum Gasteiger partial charge on any atom is -0.310 e. The quantitative estimate of drug-likeness (QED) is 0.850. The zero-order valence-electron chi connectivity index (χ0n) is 11.4. The van der Waals surface area contributed by atoms with Crippen molar-refractivity contribution in [1.29, 1.82) is 0 Å². The highest BCUT2D eigenvalue weighted by atomic mass is 15.3. The van der Waals surface area contributed by atoms with Crippen molar-refractivity contribution < 1.29 is 0 Å². The van der Waals surface area contributed by atoms with Gasteiger partial charge in [-0.2, -0.15) is 5.10 Å². The first kappa shape index (κ1) is 12.6. The van der Waals surface area contributed by atoms with Crippen LogP contribution < -0.4 is 5.32 Å². The van der Waals surface area contributed by atoms with E-state index in [4.69, 9.17) is 0 Å². The van der Waals surface area contributed by atoms with Crippen molar-refractivity contribution in [3.05, 3.63) is 17.5 Å². The molecule has 1 aliphatic carbocycles. The lowest BCUT2D eigenvalue weighted by molar-refractivity contribution is 0.384. The molecule has 1 heterocycles. The minimum atomic E-state index is 0.535. The second-order valence-electron chi connectivity index (χ2n) is 5.21. The standard InChI is InChI=1S/C14H25N3/c1-4-11(5-2)9-15-13-7-6-8-14-12(13)10-16-17(14)3/h10-11,13,15H,4-9H2,1-3H3. The molecule has 17 heavy (non-hydrogen) atoms. The fourth-order valence-corrected chi connectivity index (χ4v) is 2.80. The van der Waals surface area contributed by atoms with Crippen LogP contribution in [0.25, 0.3) is 0 Å². The van der Waals surface area contributed by atoms with Crippen molar-refractivity contribution in [3.63, 3.8) is 0 Å². The molecule has 1 N–H and O–H groups in total. The van der Waals surface area contributed by atoms with Gasteiger partial charge in [-0.05, 0) is 31.7 Å². The zero-order chi connectivity index (χ0) is 12.3. The Balaban J connectivity index is 1.99. The topological polar surface area (TPSA) is 29.9 Å². The summed E-state index contributed by atoms with van der Waals surface area (Å²) in [4.78, 5) is 0. The first-order chi connectivity index (χ1) is 8.26. The van der Waals surface area contributed by atoms with Gasteiger partial charge in [0.25, 0.3) is 0 Å². The normalized spacial score (nSPS) is 19.6. The molecule has 0 saturated heterocycles. The second kappa shape index (κ2) is 5.67. The molecule has 0 amide bonds. The lowest BCUT2D eigenvalue weighted by Gasteiger charge is -2.25. The Hall–Kier alpha value is -0.830. The summed E-state index contributed by atoms with van der Waals surface area (Å²) in [6.45, 7) is 5.71. The molecule has 0 aromatic carbocycles. The molecule has 0 bridgehead atoms. The van der Waals surface area contributed by atoms with Crippen LogP contribution in [0.4, 0.5) is 0 Å². The number of aromatic nitrogens is 2. The number of aryl methyl sites for hydroxylation is 1. The van der Waals surface area contributed by atoms with Gasteiger partial charge in [0.1, 0.15) is 0 Å². The monoisotopic (exact) mass is 235 g/mol. The highest BCUT2D eigenvalue weighted by Gasteiger charge is 2.23. The number of nitrogens with one attached hydrogen (secondary N) is 1. The Morgan fingerprint density at radius 1 is 1.47 bits per heavy atom. The molecule has 0 spiro atoms. The van der Waals surface area contributed by atoms with Crippen molar-refractivity contribution in [3.8, 4) is 0 Å². The molecule has 2 rings (SSSR count). The largest absolute Gasteiger partial charge is 0.310 e. The van der Waals surface area contributed by atoms with E-state index in [1.807, 2.05) is 4.68 Å². The third-order valence-corrected chi connectivity index (χ3v) is 4.18. The molecule has 1 aromatic heterocycles. The lowest BCUT2D eigenvalue weighted by atomic mass is 9.92. The highest BCUT2D eigenvalue weighted by molar-refractivity contribution is 5.24. The van der Waals surface area contributed by atoms with Gasteiger partial charge in [0, 0.05) is 24.3 Å². The Bertz CT molecular complexity index is 352. The van der Waals surface area contributed by atoms with Crippen molar-refractivity contribution in [2.75, 3.05) is 6.54 Å². The van der Waals surface area contributed by atoms with Crippen molar-refractivity contribution in [2.24, 2.45) is 13.0 Å². The van der Waals surface area contributed by atoms with E-state index in [9.17, 15) is 0 Å². The molecule has 1 aromatic rings. The Morgan fingerprint density at radius 2 is 2.24 bits per heavy atom. The molecule has 3 nitrogen and oxygen atoms in total. The van der Waals surface area contributed by atoms with E-state index >= 15 is 0 Å². The fourth-order valence-electron chi connectivity index (χ4n) is 2.80. The van der Waals surface area contributed by atoms with E-state index in [-0.39, 0.29) is 0 Å². The summed E-state index contributed by atoms with van der Waals surface area (Å²) in [5, 5.41) is 8.13. The SMILES string of the molecule is CCC(CC)CNC1CCCc2c1cnn2C. The fraction of sp³-hybridized carbons (Fsp3) is 0.786. The van der Waals surface area contributed by atoms with Crippen LogP contribution in [0.5, 0.6) is 0 Å². The summed E-state index contributed by atoms with van der Waals surface area (Å²) < 4.78 is 2.04. The zero-order valence-corrected chi connectivity index (χ0v) is 11.4. The lowest BCUT2D eigenvalue weighted by Crippen LogP contribution is -2.29. The summed E-state index contributed by atoms with van der Waals surface area (Å²) in [6, 6.07) is 0.535. The second-order valence-corrected chi connectivity index (χ2v) is 5.21. The number of hydrogen-bond donors (Lipinski definition) is 1. The van der Waals surface area contributed by atoms with Gasteiger partial charge in [0.2, 0.25) is 0 Å². The van der Waals surface area contributed by atoms with Crippen LogP contribution >= 0.6 is 0 Å². The van der Waals surface area contributed by atoms with Gasteiger partial charge >= 0.3 is 0 Å². The smallest absolute Gasteiger partial charge is 0.0540 e. The molecule has 0 saturated carbocycles. The van der Waals surface area contributed by atoms with E-state index in [0.717, 1.165) is 12.5 Å². The molecule has 1 unspecified atom stereocenters. The number of hydrogen-bond acceptors (Lipinski definition) is 2. The van der Waals surface area contributed by atoms with Gasteiger partial charge in [0.05, 0.1) is 6.20 Å². The van der Waals surface area contributed by atoms with E-state index in [0.29, 0.717) is 6.04 Å². The Kier molecular flexibility index (Phi) is 4.21. The molecule has 0 fully saturated rings. The molecular formula is C14H25N3. The van der Waals surface area contributed by atoms with Crippen LogP contribution in [-0.2, 0) is 13.5 Å². The number of fused-ring (bicyclic) bond motifs is 1. The van der Waals surface area contributed by atoms with Gasteiger partial charge in [-0.3, -0.25) is 4.68 Å². The molecule has 1 aliphatic rings. The first-order valence-corrected chi connectivity index (χ1v) is 7.00. The third kappa shape index (κ3) is 2.71. The van der Waals surface area contributed by atoms with E-state index < -0.39 is 0 Å². The van der Waals surface area contributed by atoms with Crippen molar-refractivity contribution >= 4 is 0 Å². The average molecular weight is 235 g/mol. The summed E-state index contributed by atoms with van der Waals surface area (Å²) >= 11 is 0. The van der Waals surface area contributed by atoms with Gasteiger partial charge in [-0.15, -0.1) is 0 Å². The van der Waals surface area contributed by atoms with Gasteiger partial charge in [-0.25, -0.2) is 0 Å². The van der Waals surface area contributed by atoms with Crippen molar-refractivity contribution in [2.45, 2.75) is 52.0 Å². The maximum atomic E-state index is 4.39. The summed E-state index contributed by atoms with van der Waals surface area (Å²) in [5.41, 5.74) is 2.86. The molecule has 0 radical (unpaired) electrons. The van der Waals surface area contributed by atoms with E-state index in [2.05, 4.69) is 37.5 Å². The minimum absolute atomic E-state index is 0.535. The van der Waals surface area contributed by atoms with E-state index in [1.54, 1.807) is 0 Å². The van der Waals surface area contributed by atoms with Crippen LogP contribution in [0.15, 0.2) is 6.20 Å². The predicted octanol–water partition coefficient (Wildman–Crippen LogP) is 2.82. The van der Waals surface area contributed by atoms with Gasteiger partial charge in [-0.1, -0.05) is 26.7 Å². The summed E-state index contributed by atoms with van der Waals surface area (Å²) in [6.07, 6.45) is 8.34. The predicted molar refractivity (Wildman–Crippen MR) is 71.0 cm³/mol. The third-order valence-electron chi connectivity index (χ3n) is 4.18. The van der Waals surface area contributed by atoms with Crippen LogP contribution in [0.1, 0.15) is 56.8 Å². The van der Waals surface area contributed by atoms with Crippen LogP contribution in [-0.4, -0.2) is 16.3 Å². The van der Waals surface area contributed by atoms with Gasteiger partial charge < -0.3 is 5.32 Å². The maximum absolute atomic E-state index is 4.39. The average Bonchev–Trinajstić information content (AvgIpc) is 2.73. The number of nitrogens with zero attached hydrogens (tertiary/aromatic N) is 2. The van der Waals surface area contributed by atoms with Crippen LogP contribution in [0.2, 0.25) is 0 Å².